The first-order valence-corrected chi connectivity index (χ1v) is 7.97. The van der Waals surface area contributed by atoms with Gasteiger partial charge in [0.1, 0.15) is 11.6 Å². The normalized spacial score (nSPS) is 12.4. The molecule has 1 heterocycles. The van der Waals surface area contributed by atoms with Crippen LogP contribution in [-0.2, 0) is 24.8 Å². The van der Waals surface area contributed by atoms with Gasteiger partial charge in [0.25, 0.3) is 0 Å². The Labute approximate surface area is 142 Å². The molecule has 0 aliphatic rings. The van der Waals surface area contributed by atoms with Crippen molar-refractivity contribution in [2.75, 3.05) is 20.2 Å². The van der Waals surface area contributed by atoms with E-state index >= 15 is 0 Å². The van der Waals surface area contributed by atoms with E-state index in [1.807, 2.05) is 60.8 Å². The van der Waals surface area contributed by atoms with Crippen LogP contribution in [0.15, 0.2) is 30.3 Å². The van der Waals surface area contributed by atoms with E-state index in [1.54, 1.807) is 0 Å². The van der Waals surface area contributed by atoms with Crippen molar-refractivity contribution in [3.05, 3.63) is 47.5 Å². The molecule has 0 bridgehead atoms. The fourth-order valence-electron chi connectivity index (χ4n) is 2.46. The topological polar surface area (TPSA) is 83.3 Å². The lowest BCUT2D eigenvalue weighted by Gasteiger charge is -2.20. The predicted octanol–water partition coefficient (Wildman–Crippen LogP) is 0.275. The van der Waals surface area contributed by atoms with Gasteiger partial charge >= 0.3 is 0 Å². The molecule has 2 rings (SSSR count). The molecule has 7 nitrogen and oxygen atoms in total. The van der Waals surface area contributed by atoms with E-state index < -0.39 is 0 Å². The number of likely N-dealkylation sites (N-methyl/N-ethyl adjacent to an activating group) is 1. The van der Waals surface area contributed by atoms with Crippen LogP contribution in [0.1, 0.15) is 17.2 Å². The minimum atomic E-state index is -0.287. The van der Waals surface area contributed by atoms with Gasteiger partial charge in [-0.05, 0) is 26.0 Å². The van der Waals surface area contributed by atoms with Crippen molar-refractivity contribution in [1.29, 1.82) is 0 Å². The van der Waals surface area contributed by atoms with E-state index in [0.717, 1.165) is 17.2 Å². The first-order valence-electron chi connectivity index (χ1n) is 7.97. The monoisotopic (exact) mass is 331 g/mol. The van der Waals surface area contributed by atoms with Gasteiger partial charge < -0.3 is 15.0 Å². The number of hydrogen-bond acceptors (Lipinski definition) is 5. The van der Waals surface area contributed by atoms with E-state index in [0.29, 0.717) is 13.0 Å². The van der Waals surface area contributed by atoms with Gasteiger partial charge in [0.05, 0.1) is 25.7 Å². The third-order valence-electron chi connectivity index (χ3n) is 3.92. The number of amides is 1. The number of nitrogens with zero attached hydrogens (tertiary/aromatic N) is 4. The summed E-state index contributed by atoms with van der Waals surface area (Å²) in [5.41, 5.74) is 1.08. The van der Waals surface area contributed by atoms with Crippen LogP contribution in [0.3, 0.4) is 0 Å². The summed E-state index contributed by atoms with van der Waals surface area (Å²) in [6, 6.07) is 9.52. The Morgan fingerprint density at radius 2 is 2.04 bits per heavy atom. The molecule has 24 heavy (non-hydrogen) atoms. The molecule has 0 radical (unpaired) electrons. The van der Waals surface area contributed by atoms with Gasteiger partial charge in [0.2, 0.25) is 5.91 Å². The molecule has 0 fully saturated rings. The highest BCUT2D eigenvalue weighted by Gasteiger charge is 2.15. The standard InChI is InChI=1S/C17H25N5O2/c1-13-19-20-16(22(13)3)10-21(2)11-17(24)18-15(12-23)9-14-7-5-4-6-8-14/h4-8,15,23H,9-12H2,1-3H3,(H,18,24). The molecule has 2 aromatic rings. The molecule has 0 spiro atoms. The lowest BCUT2D eigenvalue weighted by atomic mass is 10.1. The van der Waals surface area contributed by atoms with Gasteiger partial charge in [-0.2, -0.15) is 0 Å². The molecule has 1 atom stereocenters. The number of rotatable bonds is 8. The van der Waals surface area contributed by atoms with Gasteiger partial charge in [-0.15, -0.1) is 10.2 Å². The maximum Gasteiger partial charge on any atom is 0.234 e. The Hall–Kier alpha value is -2.25. The van der Waals surface area contributed by atoms with Crippen LogP contribution < -0.4 is 5.32 Å². The summed E-state index contributed by atoms with van der Waals surface area (Å²) >= 11 is 0. The fraction of sp³-hybridized carbons (Fsp3) is 0.471. The molecule has 0 aliphatic heterocycles. The number of aliphatic hydroxyl groups excluding tert-OH is 1. The van der Waals surface area contributed by atoms with Gasteiger partial charge in [0.15, 0.2) is 0 Å². The Morgan fingerprint density at radius 3 is 2.62 bits per heavy atom. The molecular weight excluding hydrogens is 306 g/mol. The second kappa shape index (κ2) is 8.56. The van der Waals surface area contributed by atoms with Crippen LogP contribution in [0.5, 0.6) is 0 Å². The van der Waals surface area contributed by atoms with Crippen LogP contribution in [0, 0.1) is 6.92 Å². The lowest BCUT2D eigenvalue weighted by molar-refractivity contribution is -0.123. The van der Waals surface area contributed by atoms with Gasteiger partial charge in [-0.3, -0.25) is 9.69 Å². The summed E-state index contributed by atoms with van der Waals surface area (Å²) < 4.78 is 1.90. The van der Waals surface area contributed by atoms with Gasteiger partial charge in [-0.25, -0.2) is 0 Å². The summed E-state index contributed by atoms with van der Waals surface area (Å²) in [6.07, 6.45) is 0.606. The number of carbonyl (C=O) groups is 1. The van der Waals surface area contributed by atoms with Crippen molar-refractivity contribution in [1.82, 2.24) is 25.0 Å². The molecule has 1 aromatic carbocycles. The molecule has 1 aromatic heterocycles. The fourth-order valence-corrected chi connectivity index (χ4v) is 2.46. The Balaban J connectivity index is 1.83. The van der Waals surface area contributed by atoms with Crippen molar-refractivity contribution >= 4 is 5.91 Å². The average molecular weight is 331 g/mol. The Morgan fingerprint density at radius 1 is 1.33 bits per heavy atom. The van der Waals surface area contributed by atoms with Crippen molar-refractivity contribution in [3.8, 4) is 0 Å². The summed E-state index contributed by atoms with van der Waals surface area (Å²) in [6.45, 7) is 2.57. The van der Waals surface area contributed by atoms with E-state index in [4.69, 9.17) is 0 Å². The summed E-state index contributed by atoms with van der Waals surface area (Å²) in [4.78, 5) is 14.1. The smallest absolute Gasteiger partial charge is 0.234 e. The maximum absolute atomic E-state index is 12.2. The predicted molar refractivity (Wildman–Crippen MR) is 91.2 cm³/mol. The second-order valence-electron chi connectivity index (χ2n) is 6.03. The molecule has 1 amide bonds. The van der Waals surface area contributed by atoms with Gasteiger partial charge in [0, 0.05) is 7.05 Å². The molecule has 130 valence electrons. The van der Waals surface area contributed by atoms with Crippen molar-refractivity contribution in [3.63, 3.8) is 0 Å². The molecular formula is C17H25N5O2. The molecule has 2 N–H and O–H groups in total. The number of carbonyl (C=O) groups excluding carboxylic acids is 1. The number of benzene rings is 1. The molecule has 7 heteroatoms. The number of aryl methyl sites for hydroxylation is 1. The van der Waals surface area contributed by atoms with E-state index in [-0.39, 0.29) is 25.1 Å². The highest BCUT2D eigenvalue weighted by molar-refractivity contribution is 5.78. The van der Waals surface area contributed by atoms with Crippen LogP contribution in [0.25, 0.3) is 0 Å². The van der Waals surface area contributed by atoms with Crippen molar-refractivity contribution in [2.45, 2.75) is 25.9 Å². The van der Waals surface area contributed by atoms with Crippen LogP contribution in [-0.4, -0.2) is 56.9 Å². The highest BCUT2D eigenvalue weighted by atomic mass is 16.3. The van der Waals surface area contributed by atoms with Crippen LogP contribution in [0.2, 0.25) is 0 Å². The van der Waals surface area contributed by atoms with Crippen LogP contribution >= 0.6 is 0 Å². The average Bonchev–Trinajstić information content (AvgIpc) is 2.87. The largest absolute Gasteiger partial charge is 0.394 e. The third kappa shape index (κ3) is 5.14. The summed E-state index contributed by atoms with van der Waals surface area (Å²) in [5.74, 6) is 1.53. The molecule has 0 aliphatic carbocycles. The van der Waals surface area contributed by atoms with Crippen LogP contribution in [0.4, 0.5) is 0 Å². The van der Waals surface area contributed by atoms with E-state index in [2.05, 4.69) is 15.5 Å². The van der Waals surface area contributed by atoms with Gasteiger partial charge in [-0.1, -0.05) is 30.3 Å². The quantitative estimate of drug-likeness (QED) is 0.726. The van der Waals surface area contributed by atoms with Crippen molar-refractivity contribution in [2.24, 2.45) is 7.05 Å². The zero-order chi connectivity index (χ0) is 17.5. The third-order valence-corrected chi connectivity index (χ3v) is 3.92. The van der Waals surface area contributed by atoms with E-state index in [9.17, 15) is 9.90 Å². The first kappa shape index (κ1) is 18.1. The SMILES string of the molecule is Cc1nnc(CN(C)CC(=O)NC(CO)Cc2ccccc2)n1C. The lowest BCUT2D eigenvalue weighted by Crippen LogP contribution is -2.43. The van der Waals surface area contributed by atoms with Crippen molar-refractivity contribution < 1.29 is 9.90 Å². The molecule has 0 saturated heterocycles. The first-order chi connectivity index (χ1) is 11.5. The number of hydrogen-bond donors (Lipinski definition) is 2. The second-order valence-corrected chi connectivity index (χ2v) is 6.03. The summed E-state index contributed by atoms with van der Waals surface area (Å²) in [5, 5.41) is 20.5. The minimum Gasteiger partial charge on any atom is -0.394 e. The Bertz CT molecular complexity index is 656. The Kier molecular flexibility index (Phi) is 6.45. The summed E-state index contributed by atoms with van der Waals surface area (Å²) in [7, 11) is 3.76. The zero-order valence-corrected chi connectivity index (χ0v) is 14.4. The molecule has 1 unspecified atom stereocenters. The number of aliphatic hydroxyl groups is 1. The van der Waals surface area contributed by atoms with E-state index in [1.165, 1.54) is 0 Å². The highest BCUT2D eigenvalue weighted by Crippen LogP contribution is 2.04. The molecule has 0 saturated carbocycles. The minimum absolute atomic E-state index is 0.0904. The maximum atomic E-state index is 12.2. The number of nitrogens with one attached hydrogen (secondary N) is 1. The zero-order valence-electron chi connectivity index (χ0n) is 14.4. The number of aromatic nitrogens is 3.